The number of nitrogens with zero attached hydrogens (tertiary/aromatic N) is 2. The standard InChI is InChI=1S/C13H20N4O4S/c1-3-17-11(6-9(2)16-17)13(19)14-7-12(18)15-10-4-5-22(20,21)8-10/h6,10H,3-5,7-8H2,1-2H3,(H,14,19)(H,15,18). The average Bonchev–Trinajstić information content (AvgIpc) is 2.98. The van der Waals surface area contributed by atoms with Crippen molar-refractivity contribution in [2.75, 3.05) is 18.1 Å². The van der Waals surface area contributed by atoms with E-state index in [0.717, 1.165) is 5.69 Å². The summed E-state index contributed by atoms with van der Waals surface area (Å²) in [5.74, 6) is -0.709. The summed E-state index contributed by atoms with van der Waals surface area (Å²) in [6.45, 7) is 4.03. The van der Waals surface area contributed by atoms with Crippen molar-refractivity contribution in [3.63, 3.8) is 0 Å². The Kier molecular flexibility index (Phi) is 4.84. The van der Waals surface area contributed by atoms with Crippen molar-refractivity contribution in [3.05, 3.63) is 17.5 Å². The van der Waals surface area contributed by atoms with Crippen molar-refractivity contribution >= 4 is 21.7 Å². The Morgan fingerprint density at radius 1 is 1.45 bits per heavy atom. The third-order valence-electron chi connectivity index (χ3n) is 3.44. The van der Waals surface area contributed by atoms with Crippen LogP contribution in [0, 0.1) is 6.92 Å². The van der Waals surface area contributed by atoms with Crippen LogP contribution < -0.4 is 10.6 Å². The van der Waals surface area contributed by atoms with Crippen LogP contribution >= 0.6 is 0 Å². The molecule has 2 heterocycles. The Bertz CT molecular complexity index is 680. The lowest BCUT2D eigenvalue weighted by Crippen LogP contribution is -2.42. The van der Waals surface area contributed by atoms with Gasteiger partial charge in [-0.3, -0.25) is 14.3 Å². The Labute approximate surface area is 129 Å². The number of nitrogens with one attached hydrogen (secondary N) is 2. The molecule has 2 amide bonds. The minimum Gasteiger partial charge on any atom is -0.351 e. The molecule has 1 fully saturated rings. The maximum Gasteiger partial charge on any atom is 0.269 e. The number of rotatable bonds is 5. The summed E-state index contributed by atoms with van der Waals surface area (Å²) in [5.41, 5.74) is 1.13. The highest BCUT2D eigenvalue weighted by molar-refractivity contribution is 7.91. The van der Waals surface area contributed by atoms with Crippen molar-refractivity contribution in [2.24, 2.45) is 0 Å². The zero-order valence-electron chi connectivity index (χ0n) is 12.6. The summed E-state index contributed by atoms with van der Waals surface area (Å²) >= 11 is 0. The van der Waals surface area contributed by atoms with E-state index < -0.39 is 15.7 Å². The summed E-state index contributed by atoms with van der Waals surface area (Å²) in [5, 5.41) is 9.31. The molecule has 2 N–H and O–H groups in total. The van der Waals surface area contributed by atoms with Crippen molar-refractivity contribution in [1.29, 1.82) is 0 Å². The van der Waals surface area contributed by atoms with Crippen LogP contribution in [0.2, 0.25) is 0 Å². The lowest BCUT2D eigenvalue weighted by Gasteiger charge is -2.11. The summed E-state index contributed by atoms with van der Waals surface area (Å²) in [6, 6.07) is 1.29. The van der Waals surface area contributed by atoms with E-state index in [-0.39, 0.29) is 30.0 Å². The molecule has 1 unspecified atom stereocenters. The summed E-state index contributed by atoms with van der Waals surface area (Å²) in [6.07, 6.45) is 0.420. The number of aromatic nitrogens is 2. The molecule has 0 aliphatic carbocycles. The maximum atomic E-state index is 12.0. The van der Waals surface area contributed by atoms with Crippen LogP contribution in [0.3, 0.4) is 0 Å². The van der Waals surface area contributed by atoms with E-state index in [1.54, 1.807) is 17.7 Å². The third-order valence-corrected chi connectivity index (χ3v) is 5.21. The number of hydrogen-bond donors (Lipinski definition) is 2. The quantitative estimate of drug-likeness (QED) is 0.738. The highest BCUT2D eigenvalue weighted by Crippen LogP contribution is 2.10. The van der Waals surface area contributed by atoms with E-state index in [2.05, 4.69) is 15.7 Å². The van der Waals surface area contributed by atoms with E-state index in [1.165, 1.54) is 0 Å². The van der Waals surface area contributed by atoms with Gasteiger partial charge in [-0.15, -0.1) is 0 Å². The smallest absolute Gasteiger partial charge is 0.269 e. The second-order valence-electron chi connectivity index (χ2n) is 5.34. The Hall–Kier alpha value is -1.90. The number of sulfone groups is 1. The summed E-state index contributed by atoms with van der Waals surface area (Å²) in [7, 11) is -3.04. The van der Waals surface area contributed by atoms with Gasteiger partial charge in [0, 0.05) is 12.6 Å². The van der Waals surface area contributed by atoms with Crippen LogP contribution in [-0.4, -0.2) is 54.1 Å². The predicted octanol–water partition coefficient (Wildman–Crippen LogP) is -0.755. The molecule has 1 aromatic heterocycles. The SMILES string of the molecule is CCn1nc(C)cc1C(=O)NCC(=O)NC1CCS(=O)(=O)C1. The van der Waals surface area contributed by atoms with E-state index in [4.69, 9.17) is 0 Å². The molecule has 9 heteroatoms. The van der Waals surface area contributed by atoms with Gasteiger partial charge in [0.15, 0.2) is 9.84 Å². The number of amides is 2. The van der Waals surface area contributed by atoms with E-state index in [9.17, 15) is 18.0 Å². The van der Waals surface area contributed by atoms with Gasteiger partial charge in [-0.25, -0.2) is 8.42 Å². The summed E-state index contributed by atoms with van der Waals surface area (Å²) < 4.78 is 24.2. The Morgan fingerprint density at radius 2 is 2.18 bits per heavy atom. The van der Waals surface area contributed by atoms with Gasteiger partial charge in [-0.1, -0.05) is 0 Å². The van der Waals surface area contributed by atoms with Gasteiger partial charge >= 0.3 is 0 Å². The molecule has 8 nitrogen and oxygen atoms in total. The first-order chi connectivity index (χ1) is 10.3. The molecular formula is C13H20N4O4S. The molecule has 0 bridgehead atoms. The second-order valence-corrected chi connectivity index (χ2v) is 7.57. The van der Waals surface area contributed by atoms with Crippen molar-refractivity contribution in [3.8, 4) is 0 Å². The molecule has 1 aromatic rings. The number of aryl methyl sites for hydroxylation is 2. The molecule has 22 heavy (non-hydrogen) atoms. The first-order valence-corrected chi connectivity index (χ1v) is 8.95. The van der Waals surface area contributed by atoms with Gasteiger partial charge in [0.1, 0.15) is 5.69 Å². The first-order valence-electron chi connectivity index (χ1n) is 7.13. The van der Waals surface area contributed by atoms with Crippen molar-refractivity contribution in [1.82, 2.24) is 20.4 Å². The lowest BCUT2D eigenvalue weighted by atomic mass is 10.2. The highest BCUT2D eigenvalue weighted by atomic mass is 32.2. The van der Waals surface area contributed by atoms with Crippen LogP contribution in [0.5, 0.6) is 0 Å². The lowest BCUT2D eigenvalue weighted by molar-refractivity contribution is -0.120. The van der Waals surface area contributed by atoms with Gasteiger partial charge in [0.25, 0.3) is 5.91 Å². The number of carbonyl (C=O) groups is 2. The zero-order valence-corrected chi connectivity index (χ0v) is 13.4. The molecule has 0 aromatic carbocycles. The van der Waals surface area contributed by atoms with Crippen LogP contribution in [-0.2, 0) is 21.2 Å². The van der Waals surface area contributed by atoms with Gasteiger partial charge in [0.2, 0.25) is 5.91 Å². The van der Waals surface area contributed by atoms with Crippen LogP contribution in [0.25, 0.3) is 0 Å². The fourth-order valence-electron chi connectivity index (χ4n) is 2.41. The maximum absolute atomic E-state index is 12.0. The Morgan fingerprint density at radius 3 is 2.77 bits per heavy atom. The van der Waals surface area contributed by atoms with Gasteiger partial charge in [0.05, 0.1) is 23.7 Å². The molecule has 0 saturated carbocycles. The molecule has 122 valence electrons. The van der Waals surface area contributed by atoms with Crippen LogP contribution in [0.1, 0.15) is 29.5 Å². The molecular weight excluding hydrogens is 308 g/mol. The summed E-state index contributed by atoms with van der Waals surface area (Å²) in [4.78, 5) is 23.8. The molecule has 1 aliphatic rings. The average molecular weight is 328 g/mol. The molecule has 1 aliphatic heterocycles. The number of carbonyl (C=O) groups excluding carboxylic acids is 2. The predicted molar refractivity (Wildman–Crippen MR) is 80.2 cm³/mol. The Balaban J connectivity index is 1.84. The second kappa shape index (κ2) is 6.47. The van der Waals surface area contributed by atoms with Gasteiger partial charge in [-0.05, 0) is 26.3 Å². The third kappa shape index (κ3) is 4.06. The highest BCUT2D eigenvalue weighted by Gasteiger charge is 2.28. The first kappa shape index (κ1) is 16.5. The molecule has 1 saturated heterocycles. The zero-order chi connectivity index (χ0) is 16.3. The monoisotopic (exact) mass is 328 g/mol. The molecule has 1 atom stereocenters. The fourth-order valence-corrected chi connectivity index (χ4v) is 4.08. The fraction of sp³-hybridized carbons (Fsp3) is 0.615. The van der Waals surface area contributed by atoms with Gasteiger partial charge in [-0.2, -0.15) is 5.10 Å². The minimum atomic E-state index is -3.04. The molecule has 0 spiro atoms. The number of hydrogen-bond acceptors (Lipinski definition) is 5. The van der Waals surface area contributed by atoms with E-state index in [1.807, 2.05) is 6.92 Å². The van der Waals surface area contributed by atoms with E-state index >= 15 is 0 Å². The normalized spacial score (nSPS) is 19.8. The van der Waals surface area contributed by atoms with Gasteiger partial charge < -0.3 is 10.6 Å². The topological polar surface area (TPSA) is 110 Å². The molecule has 2 rings (SSSR count). The largest absolute Gasteiger partial charge is 0.351 e. The van der Waals surface area contributed by atoms with Crippen molar-refractivity contribution < 1.29 is 18.0 Å². The van der Waals surface area contributed by atoms with Crippen LogP contribution in [0.15, 0.2) is 6.07 Å². The van der Waals surface area contributed by atoms with E-state index in [0.29, 0.717) is 18.7 Å². The molecule has 0 radical (unpaired) electrons. The minimum absolute atomic E-state index is 0.0332. The van der Waals surface area contributed by atoms with Crippen LogP contribution in [0.4, 0.5) is 0 Å². The van der Waals surface area contributed by atoms with Crippen molar-refractivity contribution in [2.45, 2.75) is 32.9 Å².